The molecule has 0 amide bonds. The van der Waals surface area contributed by atoms with E-state index in [1.54, 1.807) is 0 Å². The molecule has 0 radical (unpaired) electrons. The molecule has 1 aromatic carbocycles. The number of para-hydroxylation sites is 1. The summed E-state index contributed by atoms with van der Waals surface area (Å²) >= 11 is 0. The van der Waals surface area contributed by atoms with Gasteiger partial charge in [-0.1, -0.05) is 19.1 Å². The highest BCUT2D eigenvalue weighted by molar-refractivity contribution is 7.89. The van der Waals surface area contributed by atoms with Crippen LogP contribution in [0.15, 0.2) is 29.2 Å². The fraction of sp³-hybridized carbons (Fsp3) is 0.571. The lowest BCUT2D eigenvalue weighted by molar-refractivity contribution is -0.387. The van der Waals surface area contributed by atoms with Gasteiger partial charge in [0.15, 0.2) is 4.90 Å². The van der Waals surface area contributed by atoms with Gasteiger partial charge in [-0.2, -0.15) is 0 Å². The minimum Gasteiger partial charge on any atom is -0.303 e. The van der Waals surface area contributed by atoms with E-state index in [0.29, 0.717) is 0 Å². The summed E-state index contributed by atoms with van der Waals surface area (Å²) in [6, 6.07) is 5.26. The van der Waals surface area contributed by atoms with E-state index in [9.17, 15) is 18.5 Å². The molecule has 0 unspecified atom stereocenters. The first-order valence-electron chi connectivity index (χ1n) is 7.42. The Kier molecular flexibility index (Phi) is 7.40. The van der Waals surface area contributed by atoms with Crippen LogP contribution in [0.25, 0.3) is 0 Å². The Morgan fingerprint density at radius 1 is 1.30 bits per heavy atom. The Bertz CT molecular complexity index is 631. The maximum absolute atomic E-state index is 12.4. The van der Waals surface area contributed by atoms with Crippen LogP contribution in [0, 0.1) is 10.1 Å². The lowest BCUT2D eigenvalue weighted by atomic mass is 10.1. The number of nitrogens with zero attached hydrogens (tertiary/aromatic N) is 2. The van der Waals surface area contributed by atoms with Crippen LogP contribution >= 0.6 is 12.4 Å². The average molecular weight is 364 g/mol. The smallest absolute Gasteiger partial charge is 0.289 e. The molecule has 1 saturated heterocycles. The summed E-state index contributed by atoms with van der Waals surface area (Å²) in [5.74, 6) is 0. The summed E-state index contributed by atoms with van der Waals surface area (Å²) in [7, 11) is -3.88. The molecule has 0 saturated carbocycles. The zero-order valence-electron chi connectivity index (χ0n) is 13.0. The van der Waals surface area contributed by atoms with Crippen LogP contribution < -0.4 is 4.72 Å². The highest BCUT2D eigenvalue weighted by Gasteiger charge is 2.29. The number of piperidine rings is 1. The van der Waals surface area contributed by atoms with Gasteiger partial charge in [0.05, 0.1) is 4.92 Å². The second-order valence-corrected chi connectivity index (χ2v) is 7.14. The minimum absolute atomic E-state index is 0. The molecule has 2 rings (SSSR count). The van der Waals surface area contributed by atoms with Gasteiger partial charge in [0.2, 0.25) is 10.0 Å². The average Bonchev–Trinajstić information content (AvgIpc) is 2.49. The van der Waals surface area contributed by atoms with Crippen molar-refractivity contribution in [3.05, 3.63) is 34.4 Å². The zero-order valence-corrected chi connectivity index (χ0v) is 14.6. The number of nitro groups is 1. The first-order chi connectivity index (χ1) is 10.4. The number of rotatable bonds is 6. The predicted octanol–water partition coefficient (Wildman–Crippen LogP) is 2.17. The van der Waals surface area contributed by atoms with Gasteiger partial charge in [0, 0.05) is 12.1 Å². The molecule has 1 aromatic rings. The molecular weight excluding hydrogens is 342 g/mol. The molecule has 1 aliphatic rings. The fourth-order valence-electron chi connectivity index (χ4n) is 2.71. The monoisotopic (exact) mass is 363 g/mol. The number of hydrogen-bond acceptors (Lipinski definition) is 5. The molecule has 1 heterocycles. The van der Waals surface area contributed by atoms with Gasteiger partial charge in [-0.25, -0.2) is 13.1 Å². The molecule has 0 bridgehead atoms. The van der Waals surface area contributed by atoms with Gasteiger partial charge in [-0.05, 0) is 45.0 Å². The van der Waals surface area contributed by atoms with Crippen LogP contribution in [0.4, 0.5) is 5.69 Å². The summed E-state index contributed by atoms with van der Waals surface area (Å²) in [4.78, 5) is 12.3. The number of hydrogen-bond donors (Lipinski definition) is 1. The maximum atomic E-state index is 12.4. The maximum Gasteiger partial charge on any atom is 0.289 e. The summed E-state index contributed by atoms with van der Waals surface area (Å²) in [5.41, 5.74) is -0.390. The zero-order chi connectivity index (χ0) is 16.2. The summed E-state index contributed by atoms with van der Waals surface area (Å²) in [6.45, 7) is 4.82. The number of halogens is 1. The Hall–Kier alpha value is -1.22. The van der Waals surface area contributed by atoms with E-state index in [0.717, 1.165) is 38.9 Å². The van der Waals surface area contributed by atoms with Crippen molar-refractivity contribution in [1.29, 1.82) is 0 Å². The van der Waals surface area contributed by atoms with Crippen molar-refractivity contribution in [2.24, 2.45) is 0 Å². The molecule has 0 spiro atoms. The molecule has 1 N–H and O–H groups in total. The van der Waals surface area contributed by atoms with E-state index in [1.165, 1.54) is 24.3 Å². The third kappa shape index (κ3) is 5.13. The summed E-state index contributed by atoms with van der Waals surface area (Å²) in [5, 5.41) is 11.0. The van der Waals surface area contributed by atoms with Crippen molar-refractivity contribution in [2.45, 2.75) is 37.1 Å². The first-order valence-corrected chi connectivity index (χ1v) is 8.90. The van der Waals surface area contributed by atoms with Crippen molar-refractivity contribution in [1.82, 2.24) is 9.62 Å². The van der Waals surface area contributed by atoms with E-state index in [4.69, 9.17) is 0 Å². The highest BCUT2D eigenvalue weighted by atomic mass is 35.5. The Labute approximate surface area is 142 Å². The topological polar surface area (TPSA) is 92.6 Å². The van der Waals surface area contributed by atoms with Crippen LogP contribution in [-0.2, 0) is 10.0 Å². The summed E-state index contributed by atoms with van der Waals surface area (Å²) < 4.78 is 27.4. The number of likely N-dealkylation sites (tertiary alicyclic amines) is 1. The van der Waals surface area contributed by atoms with E-state index >= 15 is 0 Å². The molecule has 0 atom stereocenters. The third-order valence-electron chi connectivity index (χ3n) is 3.80. The lowest BCUT2D eigenvalue weighted by Gasteiger charge is -2.31. The van der Waals surface area contributed by atoms with Gasteiger partial charge in [0.1, 0.15) is 0 Å². The molecule has 130 valence electrons. The van der Waals surface area contributed by atoms with Crippen LogP contribution in [-0.4, -0.2) is 43.9 Å². The summed E-state index contributed by atoms with van der Waals surface area (Å²) in [6.07, 6.45) is 2.52. The number of nitrogens with one attached hydrogen (secondary N) is 1. The SMILES string of the molecule is CCCN1CCC(NS(=O)(=O)c2ccccc2[N+](=O)[O-])CC1.Cl. The number of benzene rings is 1. The van der Waals surface area contributed by atoms with E-state index < -0.39 is 20.6 Å². The fourth-order valence-corrected chi connectivity index (χ4v) is 4.19. The molecular formula is C14H22ClN3O4S. The second-order valence-electron chi connectivity index (χ2n) is 5.46. The van der Waals surface area contributed by atoms with E-state index in [1.807, 2.05) is 0 Å². The Morgan fingerprint density at radius 2 is 1.91 bits per heavy atom. The van der Waals surface area contributed by atoms with Crippen molar-refractivity contribution in [2.75, 3.05) is 19.6 Å². The quantitative estimate of drug-likeness (QED) is 0.617. The predicted molar refractivity (Wildman–Crippen MR) is 90.4 cm³/mol. The standard InChI is InChI=1S/C14H21N3O4S.ClH/c1-2-9-16-10-7-12(8-11-16)15-22(20,21)14-6-4-3-5-13(14)17(18)19;/h3-6,12,15H,2,7-11H2,1H3;1H. The molecule has 23 heavy (non-hydrogen) atoms. The van der Waals surface area contributed by atoms with Gasteiger partial charge in [0.25, 0.3) is 5.69 Å². The third-order valence-corrected chi connectivity index (χ3v) is 5.37. The molecule has 7 nitrogen and oxygen atoms in total. The first kappa shape index (κ1) is 19.8. The second kappa shape index (κ2) is 8.58. The molecule has 9 heteroatoms. The van der Waals surface area contributed by atoms with E-state index in [-0.39, 0.29) is 23.3 Å². The van der Waals surface area contributed by atoms with Gasteiger partial charge < -0.3 is 4.90 Å². The van der Waals surface area contributed by atoms with Gasteiger partial charge >= 0.3 is 0 Å². The van der Waals surface area contributed by atoms with Crippen LogP contribution in [0.1, 0.15) is 26.2 Å². The van der Waals surface area contributed by atoms with Crippen molar-refractivity contribution in [3.8, 4) is 0 Å². The van der Waals surface area contributed by atoms with E-state index in [2.05, 4.69) is 16.5 Å². The van der Waals surface area contributed by atoms with Crippen molar-refractivity contribution >= 4 is 28.1 Å². The number of nitro benzene ring substituents is 1. The van der Waals surface area contributed by atoms with Crippen molar-refractivity contribution < 1.29 is 13.3 Å². The number of sulfonamides is 1. The lowest BCUT2D eigenvalue weighted by Crippen LogP contribution is -2.44. The van der Waals surface area contributed by atoms with Crippen LogP contribution in [0.2, 0.25) is 0 Å². The molecule has 1 aliphatic heterocycles. The molecule has 0 aliphatic carbocycles. The largest absolute Gasteiger partial charge is 0.303 e. The molecule has 0 aromatic heterocycles. The highest BCUT2D eigenvalue weighted by Crippen LogP contribution is 2.24. The molecule has 1 fully saturated rings. The minimum atomic E-state index is -3.88. The normalized spacial score (nSPS) is 16.7. The van der Waals surface area contributed by atoms with Gasteiger partial charge in [-0.3, -0.25) is 10.1 Å². The Balaban J connectivity index is 0.00000264. The Morgan fingerprint density at radius 3 is 2.48 bits per heavy atom. The van der Waals surface area contributed by atoms with Crippen LogP contribution in [0.5, 0.6) is 0 Å². The van der Waals surface area contributed by atoms with Gasteiger partial charge in [-0.15, -0.1) is 12.4 Å². The van der Waals surface area contributed by atoms with Crippen LogP contribution in [0.3, 0.4) is 0 Å². The van der Waals surface area contributed by atoms with Crippen molar-refractivity contribution in [3.63, 3.8) is 0 Å².